The summed E-state index contributed by atoms with van der Waals surface area (Å²) in [5.41, 5.74) is -0.327. The molecule has 25 heavy (non-hydrogen) atoms. The molecule has 1 aliphatic rings. The summed E-state index contributed by atoms with van der Waals surface area (Å²) in [5.74, 6) is 1.91. The third kappa shape index (κ3) is 5.56. The van der Waals surface area contributed by atoms with Crippen LogP contribution in [0.15, 0.2) is 24.3 Å². The third-order valence-electron chi connectivity index (χ3n) is 3.50. The number of amides is 2. The van der Waals surface area contributed by atoms with Gasteiger partial charge in [-0.25, -0.2) is 0 Å². The molecule has 0 aromatic heterocycles. The van der Waals surface area contributed by atoms with Gasteiger partial charge in [-0.05, 0) is 39.8 Å². The third-order valence-corrected chi connectivity index (χ3v) is 4.52. The van der Waals surface area contributed by atoms with Crippen molar-refractivity contribution < 1.29 is 19.1 Å². The number of thioether (sulfide) groups is 1. The molecule has 2 amide bonds. The van der Waals surface area contributed by atoms with Gasteiger partial charge in [0, 0.05) is 11.3 Å². The van der Waals surface area contributed by atoms with Crippen molar-refractivity contribution in [3.05, 3.63) is 24.3 Å². The van der Waals surface area contributed by atoms with E-state index in [0.29, 0.717) is 29.7 Å². The predicted octanol–water partition coefficient (Wildman–Crippen LogP) is 2.28. The van der Waals surface area contributed by atoms with E-state index in [1.54, 1.807) is 28.8 Å². The Kier molecular flexibility index (Phi) is 6.58. The van der Waals surface area contributed by atoms with Crippen LogP contribution in [-0.4, -0.2) is 53.1 Å². The number of carbonyl (C=O) groups excluding carboxylic acids is 2. The zero-order valence-corrected chi connectivity index (χ0v) is 16.0. The van der Waals surface area contributed by atoms with Crippen molar-refractivity contribution in [3.63, 3.8) is 0 Å². The van der Waals surface area contributed by atoms with Crippen molar-refractivity contribution in [3.8, 4) is 11.5 Å². The number of rotatable bonds is 6. The average molecular weight is 366 g/mol. The Morgan fingerprint density at radius 1 is 1.24 bits per heavy atom. The first-order valence-corrected chi connectivity index (χ1v) is 9.51. The van der Waals surface area contributed by atoms with E-state index in [9.17, 15) is 9.59 Å². The first kappa shape index (κ1) is 19.4. The van der Waals surface area contributed by atoms with Crippen LogP contribution in [0.2, 0.25) is 0 Å². The Morgan fingerprint density at radius 3 is 2.48 bits per heavy atom. The molecule has 1 saturated heterocycles. The van der Waals surface area contributed by atoms with Gasteiger partial charge < -0.3 is 19.7 Å². The maximum atomic E-state index is 12.5. The van der Waals surface area contributed by atoms with Crippen molar-refractivity contribution in [2.24, 2.45) is 0 Å². The Labute approximate surface area is 153 Å². The van der Waals surface area contributed by atoms with Crippen molar-refractivity contribution in [2.45, 2.75) is 39.3 Å². The molecule has 0 aliphatic carbocycles. The molecule has 2 rings (SSSR count). The molecule has 1 heterocycles. The minimum Gasteiger partial charge on any atom is -0.490 e. The number of hydrogen-bond donors (Lipinski definition) is 1. The Bertz CT molecular complexity index is 615. The van der Waals surface area contributed by atoms with Gasteiger partial charge in [0.05, 0.1) is 12.5 Å². The van der Waals surface area contributed by atoms with Crippen LogP contribution < -0.4 is 14.8 Å². The highest BCUT2D eigenvalue weighted by atomic mass is 32.2. The lowest BCUT2D eigenvalue weighted by Crippen LogP contribution is -2.53. The molecule has 1 aromatic carbocycles. The van der Waals surface area contributed by atoms with Crippen LogP contribution in [0.5, 0.6) is 11.5 Å². The summed E-state index contributed by atoms with van der Waals surface area (Å²) < 4.78 is 11.1. The fourth-order valence-electron chi connectivity index (χ4n) is 2.43. The van der Waals surface area contributed by atoms with Crippen LogP contribution in [0, 0.1) is 0 Å². The molecule has 0 radical (unpaired) electrons. The monoisotopic (exact) mass is 366 g/mol. The second-order valence-corrected chi connectivity index (χ2v) is 7.79. The molecular formula is C18H26N2O4S. The zero-order valence-electron chi connectivity index (χ0n) is 15.2. The number of para-hydroxylation sites is 2. The Morgan fingerprint density at radius 2 is 1.88 bits per heavy atom. The van der Waals surface area contributed by atoms with Crippen LogP contribution in [-0.2, 0) is 9.59 Å². The van der Waals surface area contributed by atoms with Gasteiger partial charge in [0.25, 0.3) is 5.91 Å². The highest BCUT2D eigenvalue weighted by Crippen LogP contribution is 2.27. The van der Waals surface area contributed by atoms with Crippen molar-refractivity contribution >= 4 is 23.6 Å². The molecule has 1 aliphatic heterocycles. The number of hydrogen-bond acceptors (Lipinski definition) is 5. The van der Waals surface area contributed by atoms with E-state index in [1.165, 1.54) is 0 Å². The molecule has 138 valence electrons. The molecule has 7 heteroatoms. The van der Waals surface area contributed by atoms with Gasteiger partial charge in [0.15, 0.2) is 18.1 Å². The fourth-order valence-corrected chi connectivity index (χ4v) is 3.61. The molecule has 1 fully saturated rings. The summed E-state index contributed by atoms with van der Waals surface area (Å²) in [6.07, 6.45) is 0. The summed E-state index contributed by atoms with van der Waals surface area (Å²) >= 11 is 1.57. The number of ether oxygens (including phenoxy) is 2. The van der Waals surface area contributed by atoms with Gasteiger partial charge in [0.2, 0.25) is 5.91 Å². The van der Waals surface area contributed by atoms with Crippen molar-refractivity contribution in [1.29, 1.82) is 0 Å². The number of benzene rings is 1. The normalized spacial score (nSPS) is 17.3. The number of nitrogens with one attached hydrogen (secondary N) is 1. The van der Waals surface area contributed by atoms with Crippen molar-refractivity contribution in [2.75, 3.05) is 24.8 Å². The minimum atomic E-state index is -0.456. The maximum Gasteiger partial charge on any atom is 0.261 e. The van der Waals surface area contributed by atoms with E-state index in [0.717, 1.165) is 0 Å². The lowest BCUT2D eigenvalue weighted by atomic mass is 10.1. The van der Waals surface area contributed by atoms with Gasteiger partial charge in [-0.3, -0.25) is 9.59 Å². The van der Waals surface area contributed by atoms with Gasteiger partial charge in [0.1, 0.15) is 6.04 Å². The lowest BCUT2D eigenvalue weighted by molar-refractivity contribution is -0.140. The highest BCUT2D eigenvalue weighted by Gasteiger charge is 2.36. The quantitative estimate of drug-likeness (QED) is 0.837. The van der Waals surface area contributed by atoms with Crippen molar-refractivity contribution in [1.82, 2.24) is 10.2 Å². The van der Waals surface area contributed by atoms with Gasteiger partial charge in [-0.1, -0.05) is 12.1 Å². The molecular weight excluding hydrogens is 340 g/mol. The van der Waals surface area contributed by atoms with E-state index in [-0.39, 0.29) is 24.0 Å². The second-order valence-electron chi connectivity index (χ2n) is 6.79. The molecule has 1 atom stereocenters. The zero-order chi connectivity index (χ0) is 18.4. The summed E-state index contributed by atoms with van der Waals surface area (Å²) in [6.45, 7) is 8.06. The average Bonchev–Trinajstić information content (AvgIpc) is 3.02. The van der Waals surface area contributed by atoms with E-state index in [2.05, 4.69) is 5.32 Å². The highest BCUT2D eigenvalue weighted by molar-refractivity contribution is 7.99. The van der Waals surface area contributed by atoms with Gasteiger partial charge in [-0.15, -0.1) is 11.8 Å². The van der Waals surface area contributed by atoms with Crippen LogP contribution in [0.4, 0.5) is 0 Å². The van der Waals surface area contributed by atoms with E-state index in [1.807, 2.05) is 39.8 Å². The standard InChI is InChI=1S/C18H26N2O4S/c1-5-23-14-8-6-7-9-15(14)24-10-16(21)20-12-25-11-13(20)17(22)19-18(2,3)4/h6-9,13H,5,10-12H2,1-4H3,(H,19,22). The Balaban J connectivity index is 1.97. The summed E-state index contributed by atoms with van der Waals surface area (Å²) in [5, 5.41) is 2.94. The van der Waals surface area contributed by atoms with Crippen LogP contribution in [0.1, 0.15) is 27.7 Å². The maximum absolute atomic E-state index is 12.5. The topological polar surface area (TPSA) is 67.9 Å². The van der Waals surface area contributed by atoms with Gasteiger partial charge in [-0.2, -0.15) is 0 Å². The van der Waals surface area contributed by atoms with E-state index in [4.69, 9.17) is 9.47 Å². The Hall–Kier alpha value is -1.89. The molecule has 0 bridgehead atoms. The molecule has 0 spiro atoms. The smallest absolute Gasteiger partial charge is 0.261 e. The summed E-state index contributed by atoms with van der Waals surface area (Å²) in [4.78, 5) is 26.5. The largest absolute Gasteiger partial charge is 0.490 e. The molecule has 1 N–H and O–H groups in total. The number of nitrogens with zero attached hydrogens (tertiary/aromatic N) is 1. The fraction of sp³-hybridized carbons (Fsp3) is 0.556. The first-order chi connectivity index (χ1) is 11.8. The first-order valence-electron chi connectivity index (χ1n) is 8.35. The molecule has 1 aromatic rings. The lowest BCUT2D eigenvalue weighted by Gasteiger charge is -2.27. The van der Waals surface area contributed by atoms with Gasteiger partial charge >= 0.3 is 0 Å². The second kappa shape index (κ2) is 8.47. The van der Waals surface area contributed by atoms with Crippen LogP contribution in [0.3, 0.4) is 0 Å². The van der Waals surface area contributed by atoms with Crippen LogP contribution >= 0.6 is 11.8 Å². The number of carbonyl (C=O) groups is 2. The minimum absolute atomic E-state index is 0.121. The summed E-state index contributed by atoms with van der Waals surface area (Å²) in [7, 11) is 0. The molecule has 6 nitrogen and oxygen atoms in total. The SMILES string of the molecule is CCOc1ccccc1OCC(=O)N1CSCC1C(=O)NC(C)(C)C. The van der Waals surface area contributed by atoms with E-state index >= 15 is 0 Å². The molecule has 1 unspecified atom stereocenters. The van der Waals surface area contributed by atoms with Crippen LogP contribution in [0.25, 0.3) is 0 Å². The predicted molar refractivity (Wildman–Crippen MR) is 99.0 cm³/mol. The summed E-state index contributed by atoms with van der Waals surface area (Å²) in [6, 6.07) is 6.79. The van der Waals surface area contributed by atoms with E-state index < -0.39 is 6.04 Å². The molecule has 0 saturated carbocycles.